The summed E-state index contributed by atoms with van der Waals surface area (Å²) in [7, 11) is 0. The number of carbonyl (C=O) groups excluding carboxylic acids is 1. The molecule has 0 spiro atoms. The van der Waals surface area contributed by atoms with Crippen LogP contribution in [0.3, 0.4) is 0 Å². The average Bonchev–Trinajstić information content (AvgIpc) is 2.64. The van der Waals surface area contributed by atoms with E-state index in [0.29, 0.717) is 5.56 Å². The second-order valence-corrected chi connectivity index (χ2v) is 6.98. The number of ether oxygens (including phenoxy) is 1. The van der Waals surface area contributed by atoms with E-state index >= 15 is 0 Å². The lowest BCUT2D eigenvalue weighted by molar-refractivity contribution is 0.0333. The molecule has 0 aromatic heterocycles. The number of hydrogen-bond donors (Lipinski definition) is 0. The van der Waals surface area contributed by atoms with Crippen molar-refractivity contribution in [3.63, 3.8) is 0 Å². The molecule has 0 N–H and O–H groups in total. The third kappa shape index (κ3) is 4.52. The Hall–Kier alpha value is -2.52. The van der Waals surface area contributed by atoms with E-state index in [9.17, 15) is 4.79 Å². The Morgan fingerprint density at radius 3 is 2.24 bits per heavy atom. The molecule has 0 saturated heterocycles. The van der Waals surface area contributed by atoms with Crippen LogP contribution in [0.5, 0.6) is 0 Å². The molecule has 1 atom stereocenters. The van der Waals surface area contributed by atoms with E-state index in [-0.39, 0.29) is 12.1 Å². The van der Waals surface area contributed by atoms with Gasteiger partial charge in [0.05, 0.1) is 5.56 Å². The van der Waals surface area contributed by atoms with Crippen molar-refractivity contribution in [2.45, 2.75) is 29.7 Å². The summed E-state index contributed by atoms with van der Waals surface area (Å²) in [5, 5.41) is 0. The quantitative estimate of drug-likeness (QED) is 0.524. The van der Waals surface area contributed by atoms with Crippen LogP contribution >= 0.6 is 11.8 Å². The van der Waals surface area contributed by atoms with Crippen molar-refractivity contribution in [2.24, 2.45) is 0 Å². The third-order valence-corrected chi connectivity index (χ3v) is 5.00. The number of aryl methyl sites for hydroxylation is 1. The van der Waals surface area contributed by atoms with Crippen LogP contribution in [0, 0.1) is 6.92 Å². The molecule has 2 nitrogen and oxygen atoms in total. The standard InChI is InChI=1S/C22H20O2S/c1-16-12-14-19(15-13-16)25-21-11-7-6-10-20(21)17(2)24-22(23)18-8-4-3-5-9-18/h3-15,17H,1-2H3/t17-/m1/s1. The molecule has 0 fully saturated rings. The maximum absolute atomic E-state index is 12.3. The SMILES string of the molecule is Cc1ccc(Sc2ccccc2[C@@H](C)OC(=O)c2ccccc2)cc1. The highest BCUT2D eigenvalue weighted by Gasteiger charge is 2.16. The van der Waals surface area contributed by atoms with Gasteiger partial charge in [0.1, 0.15) is 6.10 Å². The molecular formula is C22H20O2S. The monoisotopic (exact) mass is 348 g/mol. The fourth-order valence-corrected chi connectivity index (χ4v) is 3.53. The van der Waals surface area contributed by atoms with Crippen molar-refractivity contribution >= 4 is 17.7 Å². The molecule has 0 heterocycles. The smallest absolute Gasteiger partial charge is 0.338 e. The zero-order valence-corrected chi connectivity index (χ0v) is 15.1. The van der Waals surface area contributed by atoms with Gasteiger partial charge in [-0.3, -0.25) is 0 Å². The molecule has 0 amide bonds. The van der Waals surface area contributed by atoms with E-state index in [1.165, 1.54) is 10.5 Å². The van der Waals surface area contributed by atoms with E-state index in [2.05, 4.69) is 37.3 Å². The van der Waals surface area contributed by atoms with Crippen molar-refractivity contribution in [3.8, 4) is 0 Å². The molecule has 0 aliphatic heterocycles. The summed E-state index contributed by atoms with van der Waals surface area (Å²) in [4.78, 5) is 14.6. The van der Waals surface area contributed by atoms with Crippen LogP contribution in [-0.2, 0) is 4.74 Å². The molecule has 0 unspecified atom stereocenters. The number of carbonyl (C=O) groups is 1. The number of rotatable bonds is 5. The van der Waals surface area contributed by atoms with Crippen molar-refractivity contribution < 1.29 is 9.53 Å². The van der Waals surface area contributed by atoms with Crippen LogP contribution in [0.15, 0.2) is 88.7 Å². The summed E-state index contributed by atoms with van der Waals surface area (Å²) < 4.78 is 5.67. The van der Waals surface area contributed by atoms with Gasteiger partial charge in [-0.1, -0.05) is 65.9 Å². The van der Waals surface area contributed by atoms with E-state index in [1.54, 1.807) is 23.9 Å². The predicted molar refractivity (Wildman–Crippen MR) is 102 cm³/mol. The molecule has 0 aliphatic rings. The van der Waals surface area contributed by atoms with Crippen molar-refractivity contribution in [2.75, 3.05) is 0 Å². The largest absolute Gasteiger partial charge is 0.454 e. The van der Waals surface area contributed by atoms with Gasteiger partial charge < -0.3 is 4.74 Å². The first-order valence-electron chi connectivity index (χ1n) is 8.23. The van der Waals surface area contributed by atoms with Crippen LogP contribution in [0.4, 0.5) is 0 Å². The molecule has 3 aromatic rings. The van der Waals surface area contributed by atoms with Gasteiger partial charge in [-0.2, -0.15) is 0 Å². The van der Waals surface area contributed by atoms with E-state index in [0.717, 1.165) is 10.5 Å². The minimum atomic E-state index is -0.318. The molecule has 0 saturated carbocycles. The summed E-state index contributed by atoms with van der Waals surface area (Å²) in [6, 6.07) is 25.6. The van der Waals surface area contributed by atoms with Crippen molar-refractivity contribution in [3.05, 3.63) is 95.6 Å². The summed E-state index contributed by atoms with van der Waals surface area (Å²) in [6.07, 6.45) is -0.318. The number of hydrogen-bond acceptors (Lipinski definition) is 3. The molecule has 0 bridgehead atoms. The highest BCUT2D eigenvalue weighted by Crippen LogP contribution is 2.34. The second kappa shape index (κ2) is 8.04. The van der Waals surface area contributed by atoms with Crippen molar-refractivity contribution in [1.82, 2.24) is 0 Å². The topological polar surface area (TPSA) is 26.3 Å². The molecular weight excluding hydrogens is 328 g/mol. The molecule has 0 radical (unpaired) electrons. The lowest BCUT2D eigenvalue weighted by Crippen LogP contribution is -2.09. The van der Waals surface area contributed by atoms with E-state index in [4.69, 9.17) is 4.74 Å². The number of benzene rings is 3. The van der Waals surface area contributed by atoms with Gasteiger partial charge >= 0.3 is 5.97 Å². The zero-order valence-electron chi connectivity index (χ0n) is 14.3. The lowest BCUT2D eigenvalue weighted by atomic mass is 10.1. The third-order valence-electron chi connectivity index (χ3n) is 3.90. The average molecular weight is 348 g/mol. The predicted octanol–water partition coefficient (Wildman–Crippen LogP) is 6.06. The Bertz CT molecular complexity index is 841. The highest BCUT2D eigenvalue weighted by molar-refractivity contribution is 7.99. The first-order chi connectivity index (χ1) is 12.1. The molecule has 3 heteroatoms. The van der Waals surface area contributed by atoms with Gasteiger partial charge in [0.2, 0.25) is 0 Å². The van der Waals surface area contributed by atoms with Gasteiger partial charge in [0, 0.05) is 15.4 Å². The summed E-state index contributed by atoms with van der Waals surface area (Å²) in [5.74, 6) is -0.303. The fraction of sp³-hybridized carbons (Fsp3) is 0.136. The Morgan fingerprint density at radius 2 is 1.52 bits per heavy atom. The Morgan fingerprint density at radius 1 is 0.880 bits per heavy atom. The molecule has 126 valence electrons. The normalized spacial score (nSPS) is 11.8. The van der Waals surface area contributed by atoms with Gasteiger partial charge in [0.25, 0.3) is 0 Å². The van der Waals surface area contributed by atoms with E-state index < -0.39 is 0 Å². The molecule has 3 aromatic carbocycles. The first-order valence-corrected chi connectivity index (χ1v) is 9.04. The maximum atomic E-state index is 12.3. The fourth-order valence-electron chi connectivity index (χ4n) is 2.51. The van der Waals surface area contributed by atoms with Crippen LogP contribution in [-0.4, -0.2) is 5.97 Å². The summed E-state index contributed by atoms with van der Waals surface area (Å²) in [6.45, 7) is 3.99. The van der Waals surface area contributed by atoms with Gasteiger partial charge in [0.15, 0.2) is 0 Å². The number of esters is 1. The van der Waals surface area contributed by atoms with Crippen LogP contribution < -0.4 is 0 Å². The summed E-state index contributed by atoms with van der Waals surface area (Å²) in [5.41, 5.74) is 2.82. The van der Waals surface area contributed by atoms with E-state index in [1.807, 2.05) is 43.3 Å². The molecule has 25 heavy (non-hydrogen) atoms. The molecule has 3 rings (SSSR count). The lowest BCUT2D eigenvalue weighted by Gasteiger charge is -2.17. The van der Waals surface area contributed by atoms with Gasteiger partial charge in [-0.15, -0.1) is 0 Å². The van der Waals surface area contributed by atoms with Crippen LogP contribution in [0.1, 0.15) is 34.5 Å². The second-order valence-electron chi connectivity index (χ2n) is 5.87. The maximum Gasteiger partial charge on any atom is 0.338 e. The van der Waals surface area contributed by atoms with Gasteiger partial charge in [-0.05, 0) is 44.2 Å². The minimum absolute atomic E-state index is 0.303. The Kier molecular flexibility index (Phi) is 5.56. The summed E-state index contributed by atoms with van der Waals surface area (Å²) >= 11 is 1.68. The zero-order chi connectivity index (χ0) is 17.6. The Balaban J connectivity index is 1.77. The van der Waals surface area contributed by atoms with Crippen LogP contribution in [0.25, 0.3) is 0 Å². The molecule has 0 aliphatic carbocycles. The van der Waals surface area contributed by atoms with Crippen molar-refractivity contribution in [1.29, 1.82) is 0 Å². The van der Waals surface area contributed by atoms with Gasteiger partial charge in [-0.25, -0.2) is 4.79 Å². The highest BCUT2D eigenvalue weighted by atomic mass is 32.2. The Labute approximate surface area is 152 Å². The van der Waals surface area contributed by atoms with Crippen LogP contribution in [0.2, 0.25) is 0 Å². The minimum Gasteiger partial charge on any atom is -0.454 e. The first kappa shape index (κ1) is 17.3.